The summed E-state index contributed by atoms with van der Waals surface area (Å²) in [5.41, 5.74) is 1.08. The van der Waals surface area contributed by atoms with Crippen LogP contribution in [0.3, 0.4) is 0 Å². The Balaban J connectivity index is 2.37. The molecule has 1 N–H and O–H groups in total. The lowest BCUT2D eigenvalue weighted by atomic mass is 10.1. The average molecular weight is 405 g/mol. The van der Waals surface area contributed by atoms with Gasteiger partial charge in [0.25, 0.3) is 0 Å². The fourth-order valence-electron chi connectivity index (χ4n) is 1.86. The monoisotopic (exact) mass is 405 g/mol. The maximum atomic E-state index is 13.7. The van der Waals surface area contributed by atoms with Gasteiger partial charge in [0.15, 0.2) is 0 Å². The number of rotatable bonds is 5. The van der Waals surface area contributed by atoms with Crippen molar-refractivity contribution in [2.24, 2.45) is 0 Å². The fourth-order valence-corrected chi connectivity index (χ4v) is 2.52. The Bertz CT molecular complexity index is 652. The van der Waals surface area contributed by atoms with Crippen molar-refractivity contribution < 1.29 is 13.5 Å². The summed E-state index contributed by atoms with van der Waals surface area (Å²) in [6.07, 6.45) is 0.189. The van der Waals surface area contributed by atoms with Crippen LogP contribution in [0.4, 0.5) is 14.6 Å². The third-order valence-corrected chi connectivity index (χ3v) is 3.98. The highest BCUT2D eigenvalue weighted by Crippen LogP contribution is 2.21. The predicted octanol–water partition coefficient (Wildman–Crippen LogP) is 3.14. The zero-order valence-electron chi connectivity index (χ0n) is 11.6. The second kappa shape index (κ2) is 7.08. The van der Waals surface area contributed by atoms with Crippen LogP contribution in [0.25, 0.3) is 0 Å². The van der Waals surface area contributed by atoms with Crippen LogP contribution in [-0.4, -0.2) is 24.1 Å². The molecule has 0 aliphatic heterocycles. The lowest BCUT2D eigenvalue weighted by molar-refractivity contribution is 0.180. The van der Waals surface area contributed by atoms with Gasteiger partial charge in [-0.2, -0.15) is 0 Å². The second-order valence-electron chi connectivity index (χ2n) is 4.34. The lowest BCUT2D eigenvalue weighted by Crippen LogP contribution is -2.09. The number of hydrogen-bond donors (Lipinski definition) is 1. The number of nitrogens with zero attached hydrogens (tertiary/aromatic N) is 2. The van der Waals surface area contributed by atoms with Gasteiger partial charge in [-0.25, -0.2) is 18.7 Å². The Morgan fingerprint density at radius 3 is 2.67 bits per heavy atom. The van der Waals surface area contributed by atoms with Crippen molar-refractivity contribution in [2.75, 3.05) is 19.5 Å². The van der Waals surface area contributed by atoms with E-state index in [9.17, 15) is 8.78 Å². The number of aromatic nitrogens is 2. The Hall–Kier alpha value is -1.35. The van der Waals surface area contributed by atoms with Crippen molar-refractivity contribution in [3.05, 3.63) is 50.5 Å². The molecule has 7 heteroatoms. The van der Waals surface area contributed by atoms with Crippen LogP contribution in [0.15, 0.2) is 18.2 Å². The molecular formula is C14H14F2IN3O. The van der Waals surface area contributed by atoms with E-state index in [4.69, 9.17) is 4.74 Å². The highest BCUT2D eigenvalue weighted by atomic mass is 127. The zero-order valence-corrected chi connectivity index (χ0v) is 13.7. The number of anilines is 1. The average Bonchev–Trinajstić information content (AvgIpc) is 2.45. The Labute approximate surface area is 135 Å². The molecule has 0 unspecified atom stereocenters. The highest BCUT2D eigenvalue weighted by Gasteiger charge is 2.13. The minimum Gasteiger partial charge on any atom is -0.378 e. The van der Waals surface area contributed by atoms with E-state index in [1.807, 2.05) is 0 Å². The summed E-state index contributed by atoms with van der Waals surface area (Å²) in [5.74, 6) is -0.0836. The molecule has 1 heterocycles. The first-order chi connectivity index (χ1) is 10.0. The van der Waals surface area contributed by atoms with Crippen molar-refractivity contribution in [1.29, 1.82) is 0 Å². The van der Waals surface area contributed by atoms with Gasteiger partial charge in [-0.3, -0.25) is 0 Å². The van der Waals surface area contributed by atoms with Gasteiger partial charge < -0.3 is 10.1 Å². The van der Waals surface area contributed by atoms with Crippen molar-refractivity contribution >= 4 is 28.4 Å². The van der Waals surface area contributed by atoms with Gasteiger partial charge in [-0.05, 0) is 34.2 Å². The molecule has 0 aliphatic carbocycles. The van der Waals surface area contributed by atoms with Gasteiger partial charge in [0, 0.05) is 26.6 Å². The van der Waals surface area contributed by atoms with Gasteiger partial charge in [0.1, 0.15) is 23.3 Å². The molecule has 2 aromatic rings. The van der Waals surface area contributed by atoms with Gasteiger partial charge >= 0.3 is 0 Å². The molecule has 112 valence electrons. The van der Waals surface area contributed by atoms with Gasteiger partial charge in [0.2, 0.25) is 0 Å². The van der Waals surface area contributed by atoms with Crippen LogP contribution < -0.4 is 5.32 Å². The molecule has 0 atom stereocenters. The van der Waals surface area contributed by atoms with Crippen LogP contribution in [0.1, 0.15) is 17.1 Å². The quantitative estimate of drug-likeness (QED) is 0.777. The third kappa shape index (κ3) is 3.85. The van der Waals surface area contributed by atoms with Crippen molar-refractivity contribution in [2.45, 2.75) is 13.0 Å². The van der Waals surface area contributed by atoms with E-state index < -0.39 is 11.6 Å². The first kappa shape index (κ1) is 16.0. The minimum absolute atomic E-state index is 0.189. The molecule has 1 aromatic carbocycles. The summed E-state index contributed by atoms with van der Waals surface area (Å²) in [6.45, 7) is 0.342. The van der Waals surface area contributed by atoms with Crippen LogP contribution in [0.5, 0.6) is 0 Å². The molecule has 0 saturated carbocycles. The number of nitrogens with one attached hydrogen (secondary N) is 1. The Kier molecular flexibility index (Phi) is 5.40. The van der Waals surface area contributed by atoms with E-state index in [1.54, 1.807) is 14.2 Å². The van der Waals surface area contributed by atoms with Gasteiger partial charge in [-0.15, -0.1) is 0 Å². The minimum atomic E-state index is -0.601. The largest absolute Gasteiger partial charge is 0.378 e. The molecule has 2 rings (SSSR count). The number of halogens is 3. The number of ether oxygens (including phenoxy) is 1. The van der Waals surface area contributed by atoms with E-state index in [2.05, 4.69) is 37.9 Å². The summed E-state index contributed by atoms with van der Waals surface area (Å²) >= 11 is 2.13. The molecule has 1 aromatic heterocycles. The maximum Gasteiger partial charge on any atom is 0.143 e. The van der Waals surface area contributed by atoms with Crippen molar-refractivity contribution in [1.82, 2.24) is 9.97 Å². The normalized spacial score (nSPS) is 10.7. The first-order valence-electron chi connectivity index (χ1n) is 6.21. The van der Waals surface area contributed by atoms with Crippen LogP contribution in [0.2, 0.25) is 0 Å². The van der Waals surface area contributed by atoms with Gasteiger partial charge in [0.05, 0.1) is 15.9 Å². The smallest absolute Gasteiger partial charge is 0.143 e. The fraction of sp³-hybridized carbons (Fsp3) is 0.286. The molecular weight excluding hydrogens is 391 g/mol. The lowest BCUT2D eigenvalue weighted by Gasteiger charge is -2.11. The van der Waals surface area contributed by atoms with Crippen LogP contribution >= 0.6 is 22.6 Å². The first-order valence-corrected chi connectivity index (χ1v) is 7.29. The predicted molar refractivity (Wildman–Crippen MR) is 84.2 cm³/mol. The van der Waals surface area contributed by atoms with Crippen LogP contribution in [-0.2, 0) is 17.8 Å². The third-order valence-electron chi connectivity index (χ3n) is 2.85. The summed E-state index contributed by atoms with van der Waals surface area (Å²) in [7, 11) is 3.33. The SMILES string of the molecule is CNc1nc(Cc2ccc(F)cc2F)nc(COC)c1I. The molecule has 0 radical (unpaired) electrons. The molecule has 21 heavy (non-hydrogen) atoms. The molecule has 0 spiro atoms. The maximum absolute atomic E-state index is 13.7. The van der Waals surface area contributed by atoms with E-state index in [0.29, 0.717) is 23.8 Å². The number of benzene rings is 1. The Morgan fingerprint density at radius 2 is 2.05 bits per heavy atom. The van der Waals surface area contributed by atoms with Crippen molar-refractivity contribution in [3.63, 3.8) is 0 Å². The van der Waals surface area contributed by atoms with Crippen LogP contribution in [0, 0.1) is 15.2 Å². The van der Waals surface area contributed by atoms with Gasteiger partial charge in [-0.1, -0.05) is 6.07 Å². The topological polar surface area (TPSA) is 47.0 Å². The Morgan fingerprint density at radius 1 is 1.29 bits per heavy atom. The summed E-state index contributed by atoms with van der Waals surface area (Å²) in [6, 6.07) is 3.48. The molecule has 0 amide bonds. The zero-order chi connectivity index (χ0) is 15.4. The van der Waals surface area contributed by atoms with Crippen molar-refractivity contribution in [3.8, 4) is 0 Å². The van der Waals surface area contributed by atoms with E-state index in [1.165, 1.54) is 12.1 Å². The number of methoxy groups -OCH3 is 1. The molecule has 4 nitrogen and oxygen atoms in total. The standard InChI is InChI=1S/C14H14F2IN3O/c1-18-14-13(17)11(7-21-2)19-12(20-14)5-8-3-4-9(15)6-10(8)16/h3-4,6H,5,7H2,1-2H3,(H,18,19,20). The van der Waals surface area contributed by atoms with E-state index in [0.717, 1.165) is 15.3 Å². The summed E-state index contributed by atoms with van der Waals surface area (Å²) in [5, 5.41) is 2.98. The van der Waals surface area contributed by atoms with E-state index >= 15 is 0 Å². The highest BCUT2D eigenvalue weighted by molar-refractivity contribution is 14.1. The molecule has 0 aliphatic rings. The van der Waals surface area contributed by atoms with E-state index in [-0.39, 0.29) is 6.42 Å². The molecule has 0 fully saturated rings. The molecule has 0 bridgehead atoms. The molecule has 0 saturated heterocycles. The second-order valence-corrected chi connectivity index (χ2v) is 5.42. The summed E-state index contributed by atoms with van der Waals surface area (Å²) < 4.78 is 32.6. The number of hydrogen-bond acceptors (Lipinski definition) is 4. The summed E-state index contributed by atoms with van der Waals surface area (Å²) in [4.78, 5) is 8.73.